The molecular weight excluding hydrogens is 767 g/mol. The van der Waals surface area contributed by atoms with Crippen molar-refractivity contribution in [1.82, 2.24) is 0 Å². The highest BCUT2D eigenvalue weighted by Crippen LogP contribution is 2.49. The molecular formula is C60H39NS. The zero-order valence-electron chi connectivity index (χ0n) is 33.9. The van der Waals surface area contributed by atoms with Crippen molar-refractivity contribution in [2.45, 2.75) is 0 Å². The van der Waals surface area contributed by atoms with Gasteiger partial charge < -0.3 is 4.90 Å². The zero-order chi connectivity index (χ0) is 41.0. The van der Waals surface area contributed by atoms with Crippen LogP contribution in [0.4, 0.5) is 17.1 Å². The summed E-state index contributed by atoms with van der Waals surface area (Å²) in [4.78, 5) is 2.46. The number of hydrogen-bond acceptors (Lipinski definition) is 2. The topological polar surface area (TPSA) is 3.24 Å². The first-order chi connectivity index (χ1) is 30.8. The Labute approximate surface area is 365 Å². The summed E-state index contributed by atoms with van der Waals surface area (Å²) in [5, 5.41) is 9.99. The molecule has 0 amide bonds. The maximum Gasteiger partial charge on any atom is 0.0540 e. The summed E-state index contributed by atoms with van der Waals surface area (Å²) in [5.41, 5.74) is 13.1. The minimum Gasteiger partial charge on any atom is -0.310 e. The molecule has 11 aromatic carbocycles. The first-order valence-corrected chi connectivity index (χ1v) is 22.1. The van der Waals surface area contributed by atoms with Crippen LogP contribution in [0, 0.1) is 0 Å². The third-order valence-corrected chi connectivity index (χ3v) is 13.7. The Balaban J connectivity index is 1.12. The van der Waals surface area contributed by atoms with Gasteiger partial charge in [0.15, 0.2) is 0 Å². The Morgan fingerprint density at radius 3 is 1.50 bits per heavy atom. The molecule has 0 saturated heterocycles. The van der Waals surface area contributed by atoms with Crippen LogP contribution in [0.1, 0.15) is 0 Å². The van der Waals surface area contributed by atoms with Gasteiger partial charge in [0.2, 0.25) is 0 Å². The third kappa shape index (κ3) is 5.99. The molecule has 0 N–H and O–H groups in total. The lowest BCUT2D eigenvalue weighted by Gasteiger charge is -2.29. The Morgan fingerprint density at radius 1 is 0.274 bits per heavy atom. The van der Waals surface area contributed by atoms with Crippen LogP contribution in [0.25, 0.3) is 97.0 Å². The monoisotopic (exact) mass is 805 g/mol. The molecule has 0 aliphatic carbocycles. The molecule has 0 aliphatic rings. The Kier molecular flexibility index (Phi) is 8.76. The highest BCUT2D eigenvalue weighted by molar-refractivity contribution is 7.26. The smallest absolute Gasteiger partial charge is 0.0540 e. The molecule has 62 heavy (non-hydrogen) atoms. The van der Waals surface area contributed by atoms with E-state index in [2.05, 4.69) is 241 Å². The standard InChI is InChI=1S/C60H39NS/c1-4-17-40(18-5-1)46-37-38-56(51-25-12-10-23-48(46)51)61(44-33-31-41(32-34-44)47-28-16-29-54-52-26-14-15-30-57(52)62-60(47)54)45-35-36-50-49-24-11-13-27-53(49)58(42-19-6-2-7-20-42)59(55(50)39-45)43-21-8-3-9-22-43/h1-39H. The zero-order valence-corrected chi connectivity index (χ0v) is 34.7. The summed E-state index contributed by atoms with van der Waals surface area (Å²) in [6.07, 6.45) is 0. The van der Waals surface area contributed by atoms with Crippen LogP contribution in [0.5, 0.6) is 0 Å². The summed E-state index contributed by atoms with van der Waals surface area (Å²) in [6.45, 7) is 0. The molecule has 1 aromatic heterocycles. The first-order valence-electron chi connectivity index (χ1n) is 21.3. The Morgan fingerprint density at radius 2 is 0.790 bits per heavy atom. The van der Waals surface area contributed by atoms with Crippen LogP contribution in [0.3, 0.4) is 0 Å². The van der Waals surface area contributed by atoms with Gasteiger partial charge in [0.25, 0.3) is 0 Å². The third-order valence-electron chi connectivity index (χ3n) is 12.5. The molecule has 12 rings (SSSR count). The molecule has 1 nitrogen and oxygen atoms in total. The molecule has 0 radical (unpaired) electrons. The second-order valence-corrected chi connectivity index (χ2v) is 17.0. The highest BCUT2D eigenvalue weighted by Gasteiger charge is 2.22. The van der Waals surface area contributed by atoms with Crippen LogP contribution in [-0.4, -0.2) is 0 Å². The summed E-state index contributed by atoms with van der Waals surface area (Å²) in [5.74, 6) is 0. The number of thiophene rings is 1. The fourth-order valence-corrected chi connectivity index (χ4v) is 10.9. The molecule has 0 spiro atoms. The average Bonchev–Trinajstić information content (AvgIpc) is 3.74. The van der Waals surface area contributed by atoms with Gasteiger partial charge in [-0.3, -0.25) is 0 Å². The lowest BCUT2D eigenvalue weighted by atomic mass is 9.85. The van der Waals surface area contributed by atoms with Crippen LogP contribution in [0.15, 0.2) is 237 Å². The molecule has 0 aliphatic heterocycles. The van der Waals surface area contributed by atoms with Gasteiger partial charge >= 0.3 is 0 Å². The van der Waals surface area contributed by atoms with E-state index in [1.54, 1.807) is 0 Å². The van der Waals surface area contributed by atoms with Gasteiger partial charge in [-0.25, -0.2) is 0 Å². The molecule has 12 aromatic rings. The van der Waals surface area contributed by atoms with Crippen molar-refractivity contribution in [2.75, 3.05) is 4.90 Å². The maximum absolute atomic E-state index is 2.46. The van der Waals surface area contributed by atoms with Crippen molar-refractivity contribution >= 4 is 80.9 Å². The van der Waals surface area contributed by atoms with E-state index >= 15 is 0 Å². The van der Waals surface area contributed by atoms with Gasteiger partial charge in [-0.15, -0.1) is 11.3 Å². The van der Waals surface area contributed by atoms with Crippen molar-refractivity contribution in [3.05, 3.63) is 237 Å². The van der Waals surface area contributed by atoms with E-state index in [0.717, 1.165) is 17.1 Å². The average molecular weight is 806 g/mol. The van der Waals surface area contributed by atoms with E-state index < -0.39 is 0 Å². The van der Waals surface area contributed by atoms with Gasteiger partial charge in [-0.1, -0.05) is 200 Å². The van der Waals surface area contributed by atoms with Gasteiger partial charge in [0.05, 0.1) is 5.69 Å². The normalized spacial score (nSPS) is 11.5. The van der Waals surface area contributed by atoms with E-state index in [-0.39, 0.29) is 0 Å². The fourth-order valence-electron chi connectivity index (χ4n) is 9.67. The fraction of sp³-hybridized carbons (Fsp3) is 0. The minimum absolute atomic E-state index is 1.10. The van der Waals surface area contributed by atoms with Crippen molar-refractivity contribution in [2.24, 2.45) is 0 Å². The lowest BCUT2D eigenvalue weighted by molar-refractivity contribution is 1.30. The van der Waals surface area contributed by atoms with Crippen molar-refractivity contribution < 1.29 is 0 Å². The second kappa shape index (κ2) is 15.0. The summed E-state index contributed by atoms with van der Waals surface area (Å²) in [6, 6.07) is 86.7. The molecule has 1 heterocycles. The Hall–Kier alpha value is -7.78. The van der Waals surface area contributed by atoms with Gasteiger partial charge in [0, 0.05) is 36.9 Å². The second-order valence-electron chi connectivity index (χ2n) is 16.0. The van der Waals surface area contributed by atoms with E-state index in [4.69, 9.17) is 0 Å². The predicted octanol–water partition coefficient (Wildman–Crippen LogP) is 17.7. The van der Waals surface area contributed by atoms with E-state index in [9.17, 15) is 0 Å². The number of benzene rings is 11. The quantitative estimate of drug-likeness (QED) is 0.145. The van der Waals surface area contributed by atoms with Gasteiger partial charge in [-0.2, -0.15) is 0 Å². The van der Waals surface area contributed by atoms with E-state index in [1.165, 1.54) is 97.0 Å². The number of fused-ring (bicyclic) bond motifs is 7. The van der Waals surface area contributed by atoms with Crippen molar-refractivity contribution in [3.8, 4) is 44.5 Å². The summed E-state index contributed by atoms with van der Waals surface area (Å²) < 4.78 is 2.64. The molecule has 2 heteroatoms. The van der Waals surface area contributed by atoms with Crippen LogP contribution in [-0.2, 0) is 0 Å². The minimum atomic E-state index is 1.10. The highest BCUT2D eigenvalue weighted by atomic mass is 32.1. The number of hydrogen-bond donors (Lipinski definition) is 0. The molecule has 0 unspecified atom stereocenters. The molecule has 0 saturated carbocycles. The molecule has 290 valence electrons. The van der Waals surface area contributed by atoms with E-state index in [0.29, 0.717) is 0 Å². The van der Waals surface area contributed by atoms with E-state index in [1.807, 2.05) is 11.3 Å². The van der Waals surface area contributed by atoms with Gasteiger partial charge in [-0.05, 0) is 108 Å². The lowest BCUT2D eigenvalue weighted by Crippen LogP contribution is -2.11. The molecule has 0 bridgehead atoms. The summed E-state index contributed by atoms with van der Waals surface area (Å²) in [7, 11) is 0. The number of rotatable bonds is 7. The first kappa shape index (κ1) is 36.1. The maximum atomic E-state index is 2.46. The molecule has 0 atom stereocenters. The SMILES string of the molecule is c1ccc(-c2ccc(N(c3ccc(-c4cccc5c4sc4ccccc45)cc3)c3ccc4c(c3)c(-c3ccccc3)c(-c3ccccc3)c3ccccc34)c3ccccc23)cc1. The summed E-state index contributed by atoms with van der Waals surface area (Å²) >= 11 is 1.88. The van der Waals surface area contributed by atoms with Gasteiger partial charge in [0.1, 0.15) is 0 Å². The van der Waals surface area contributed by atoms with Crippen LogP contribution in [0.2, 0.25) is 0 Å². The Bertz CT molecular complexity index is 3610. The molecule has 0 fully saturated rings. The number of anilines is 3. The van der Waals surface area contributed by atoms with Crippen LogP contribution >= 0.6 is 11.3 Å². The number of nitrogens with zero attached hydrogens (tertiary/aromatic N) is 1. The van der Waals surface area contributed by atoms with Crippen molar-refractivity contribution in [3.63, 3.8) is 0 Å². The van der Waals surface area contributed by atoms with Crippen molar-refractivity contribution in [1.29, 1.82) is 0 Å². The largest absolute Gasteiger partial charge is 0.310 e. The van der Waals surface area contributed by atoms with Crippen LogP contribution < -0.4 is 4.90 Å². The predicted molar refractivity (Wildman–Crippen MR) is 268 cm³/mol.